The molecule has 1 unspecified atom stereocenters. The van der Waals surface area contributed by atoms with E-state index in [0.717, 1.165) is 22.0 Å². The summed E-state index contributed by atoms with van der Waals surface area (Å²) in [5.74, 6) is 0.717. The normalized spacial score (nSPS) is 17.8. The summed E-state index contributed by atoms with van der Waals surface area (Å²) in [5.41, 5.74) is 1.90. The van der Waals surface area contributed by atoms with E-state index in [2.05, 4.69) is 28.2 Å². The fraction of sp³-hybridized carbons (Fsp3) is 0.588. The van der Waals surface area contributed by atoms with Crippen LogP contribution in [0.4, 0.5) is 0 Å². The highest BCUT2D eigenvalue weighted by atomic mass is 79.9. The maximum absolute atomic E-state index is 12.4. The van der Waals surface area contributed by atoms with E-state index in [1.54, 1.807) is 0 Å². The maximum atomic E-state index is 12.4. The second-order valence-corrected chi connectivity index (χ2v) is 6.70. The number of rotatable bonds is 4. The average molecular weight is 338 g/mol. The summed E-state index contributed by atoms with van der Waals surface area (Å²) in [7, 11) is 0. The van der Waals surface area contributed by atoms with Crippen LogP contribution in [0.15, 0.2) is 22.7 Å². The number of hydrogen-bond donors (Lipinski definition) is 1. The van der Waals surface area contributed by atoms with Gasteiger partial charge in [-0.25, -0.2) is 0 Å². The van der Waals surface area contributed by atoms with Gasteiger partial charge in [0.2, 0.25) is 0 Å². The largest absolute Gasteiger partial charge is 0.349 e. The lowest BCUT2D eigenvalue weighted by Gasteiger charge is -2.30. The van der Waals surface area contributed by atoms with E-state index in [9.17, 15) is 4.79 Å². The molecule has 1 aliphatic rings. The number of carbonyl (C=O) groups excluding carboxylic acids is 1. The van der Waals surface area contributed by atoms with Gasteiger partial charge in [0.25, 0.3) is 5.91 Å². The Labute approximate surface area is 130 Å². The van der Waals surface area contributed by atoms with Crippen molar-refractivity contribution in [3.05, 3.63) is 33.8 Å². The third kappa shape index (κ3) is 3.85. The van der Waals surface area contributed by atoms with Crippen molar-refractivity contribution >= 4 is 21.8 Å². The summed E-state index contributed by atoms with van der Waals surface area (Å²) >= 11 is 3.49. The summed E-state index contributed by atoms with van der Waals surface area (Å²) < 4.78 is 0.996. The number of benzene rings is 1. The molecule has 0 aliphatic heterocycles. The molecule has 1 N–H and O–H groups in total. The van der Waals surface area contributed by atoms with Gasteiger partial charge in [-0.1, -0.05) is 48.2 Å². The summed E-state index contributed by atoms with van der Waals surface area (Å²) in [6.07, 6.45) is 7.52. The van der Waals surface area contributed by atoms with Crippen molar-refractivity contribution in [2.75, 3.05) is 0 Å². The van der Waals surface area contributed by atoms with Gasteiger partial charge in [-0.2, -0.15) is 0 Å². The van der Waals surface area contributed by atoms with E-state index in [1.165, 1.54) is 32.1 Å². The fourth-order valence-corrected chi connectivity index (χ4v) is 3.45. The Morgan fingerprint density at radius 1 is 1.35 bits per heavy atom. The Balaban J connectivity index is 2.02. The van der Waals surface area contributed by atoms with Crippen LogP contribution in [0.2, 0.25) is 0 Å². The predicted octanol–water partition coefficient (Wildman–Crippen LogP) is 4.85. The zero-order valence-electron chi connectivity index (χ0n) is 12.4. The number of halogens is 1. The van der Waals surface area contributed by atoms with Gasteiger partial charge in [0.1, 0.15) is 0 Å². The topological polar surface area (TPSA) is 29.1 Å². The highest BCUT2D eigenvalue weighted by Crippen LogP contribution is 2.28. The fourth-order valence-electron chi connectivity index (χ4n) is 3.08. The molecular weight excluding hydrogens is 314 g/mol. The average Bonchev–Trinajstić information content (AvgIpc) is 2.48. The van der Waals surface area contributed by atoms with Crippen LogP contribution in [0.5, 0.6) is 0 Å². The van der Waals surface area contributed by atoms with Crippen LogP contribution in [0.25, 0.3) is 0 Å². The van der Waals surface area contributed by atoms with Crippen LogP contribution in [-0.2, 0) is 0 Å². The lowest BCUT2D eigenvalue weighted by atomic mass is 9.83. The molecule has 2 nitrogen and oxygen atoms in total. The molecule has 0 heterocycles. The standard InChI is InChI=1S/C17H24BrNO/c1-3-16(13-7-5-4-6-8-13)19-17(20)14-10-9-12(2)15(18)11-14/h9-11,13,16H,3-8H2,1-2H3,(H,19,20). The van der Waals surface area contributed by atoms with Crippen LogP contribution >= 0.6 is 15.9 Å². The SMILES string of the molecule is CCC(NC(=O)c1ccc(C)c(Br)c1)C1CCCCC1. The number of amides is 1. The monoisotopic (exact) mass is 337 g/mol. The van der Waals surface area contributed by atoms with E-state index >= 15 is 0 Å². The lowest BCUT2D eigenvalue weighted by Crippen LogP contribution is -2.40. The molecule has 1 aromatic rings. The van der Waals surface area contributed by atoms with Crippen molar-refractivity contribution in [3.8, 4) is 0 Å². The zero-order chi connectivity index (χ0) is 14.5. The van der Waals surface area contributed by atoms with Crippen molar-refractivity contribution in [1.82, 2.24) is 5.32 Å². The molecule has 1 fully saturated rings. The maximum Gasteiger partial charge on any atom is 0.251 e. The van der Waals surface area contributed by atoms with Crippen LogP contribution < -0.4 is 5.32 Å². The predicted molar refractivity (Wildman–Crippen MR) is 87.0 cm³/mol. The summed E-state index contributed by atoms with van der Waals surface area (Å²) in [4.78, 5) is 12.4. The highest BCUT2D eigenvalue weighted by Gasteiger charge is 2.24. The minimum Gasteiger partial charge on any atom is -0.349 e. The molecule has 1 saturated carbocycles. The van der Waals surface area contributed by atoms with Crippen molar-refractivity contribution in [1.29, 1.82) is 0 Å². The molecule has 0 radical (unpaired) electrons. The Hall–Kier alpha value is -0.830. The molecule has 110 valence electrons. The van der Waals surface area contributed by atoms with Crippen molar-refractivity contribution in [3.63, 3.8) is 0 Å². The Morgan fingerprint density at radius 2 is 2.05 bits per heavy atom. The first-order valence-electron chi connectivity index (χ1n) is 7.69. The number of carbonyl (C=O) groups is 1. The quantitative estimate of drug-likeness (QED) is 0.836. The summed E-state index contributed by atoms with van der Waals surface area (Å²) in [6.45, 7) is 4.20. The highest BCUT2D eigenvalue weighted by molar-refractivity contribution is 9.10. The molecule has 1 aromatic carbocycles. The molecule has 0 bridgehead atoms. The molecule has 0 spiro atoms. The van der Waals surface area contributed by atoms with Gasteiger partial charge in [0.05, 0.1) is 0 Å². The molecule has 0 saturated heterocycles. The van der Waals surface area contributed by atoms with Crippen LogP contribution in [-0.4, -0.2) is 11.9 Å². The molecule has 1 atom stereocenters. The molecule has 1 aliphatic carbocycles. The number of hydrogen-bond acceptors (Lipinski definition) is 1. The molecular formula is C17H24BrNO. The second kappa shape index (κ2) is 7.26. The number of aryl methyl sites for hydroxylation is 1. The first-order chi connectivity index (χ1) is 9.61. The smallest absolute Gasteiger partial charge is 0.251 e. The Bertz CT molecular complexity index is 466. The molecule has 20 heavy (non-hydrogen) atoms. The third-order valence-corrected chi connectivity index (χ3v) is 5.26. The minimum atomic E-state index is 0.0584. The lowest BCUT2D eigenvalue weighted by molar-refractivity contribution is 0.0911. The van der Waals surface area contributed by atoms with Gasteiger partial charge in [-0.15, -0.1) is 0 Å². The summed E-state index contributed by atoms with van der Waals surface area (Å²) in [6, 6.07) is 6.13. The second-order valence-electron chi connectivity index (χ2n) is 5.85. The summed E-state index contributed by atoms with van der Waals surface area (Å²) in [5, 5.41) is 3.24. The van der Waals surface area contributed by atoms with Gasteiger partial charge in [0, 0.05) is 16.1 Å². The molecule has 1 amide bonds. The zero-order valence-corrected chi connectivity index (χ0v) is 14.0. The van der Waals surface area contributed by atoms with Crippen molar-refractivity contribution < 1.29 is 4.79 Å². The molecule has 2 rings (SSSR count). The Kier molecular flexibility index (Phi) is 5.64. The van der Waals surface area contributed by atoms with E-state index in [4.69, 9.17) is 0 Å². The van der Waals surface area contributed by atoms with Gasteiger partial charge in [-0.05, 0) is 49.8 Å². The number of nitrogens with one attached hydrogen (secondary N) is 1. The molecule has 3 heteroatoms. The van der Waals surface area contributed by atoms with Crippen molar-refractivity contribution in [2.24, 2.45) is 5.92 Å². The first-order valence-corrected chi connectivity index (χ1v) is 8.48. The van der Waals surface area contributed by atoms with E-state index in [-0.39, 0.29) is 5.91 Å². The van der Waals surface area contributed by atoms with Crippen LogP contribution in [0.3, 0.4) is 0 Å². The van der Waals surface area contributed by atoms with Crippen LogP contribution in [0, 0.1) is 12.8 Å². The van der Waals surface area contributed by atoms with E-state index in [1.807, 2.05) is 25.1 Å². The van der Waals surface area contributed by atoms with Gasteiger partial charge >= 0.3 is 0 Å². The first kappa shape index (κ1) is 15.6. The van der Waals surface area contributed by atoms with E-state index < -0.39 is 0 Å². The Morgan fingerprint density at radius 3 is 2.65 bits per heavy atom. The van der Waals surface area contributed by atoms with Gasteiger partial charge in [0.15, 0.2) is 0 Å². The minimum absolute atomic E-state index is 0.0584. The molecule has 0 aromatic heterocycles. The van der Waals surface area contributed by atoms with Crippen molar-refractivity contribution in [2.45, 2.75) is 58.4 Å². The van der Waals surface area contributed by atoms with Gasteiger partial charge in [-0.3, -0.25) is 4.79 Å². The van der Waals surface area contributed by atoms with Crippen LogP contribution in [0.1, 0.15) is 61.4 Å². The third-order valence-electron chi connectivity index (χ3n) is 4.41. The van der Waals surface area contributed by atoms with E-state index in [0.29, 0.717) is 12.0 Å². The van der Waals surface area contributed by atoms with Gasteiger partial charge < -0.3 is 5.32 Å².